The highest BCUT2D eigenvalue weighted by molar-refractivity contribution is 5.79. The summed E-state index contributed by atoms with van der Waals surface area (Å²) in [6.07, 6.45) is 3.61. The number of hydrogen-bond acceptors (Lipinski definition) is 5. The quantitative estimate of drug-likeness (QED) is 0.482. The van der Waals surface area contributed by atoms with Crippen molar-refractivity contribution in [3.8, 4) is 11.5 Å². The van der Waals surface area contributed by atoms with Crippen molar-refractivity contribution in [2.75, 3.05) is 19.1 Å². The molecule has 4 aromatic rings. The van der Waals surface area contributed by atoms with Gasteiger partial charge in [-0.05, 0) is 36.8 Å². The lowest BCUT2D eigenvalue weighted by Crippen LogP contribution is -2.13. The molecular formula is C23H24N4O2. The normalized spacial score (nSPS) is 10.9. The van der Waals surface area contributed by atoms with Crippen LogP contribution in [0.15, 0.2) is 61.1 Å². The number of aryl methyl sites for hydroxylation is 1. The SMILES string of the molecule is COc1ccc(COc2cccc(N(C)c3cc4c(cn3)ncn4C)c2C)cc1. The van der Waals surface area contributed by atoms with Crippen molar-refractivity contribution >= 4 is 22.5 Å². The van der Waals surface area contributed by atoms with Gasteiger partial charge in [0.2, 0.25) is 0 Å². The number of methoxy groups -OCH3 is 1. The molecule has 0 fully saturated rings. The summed E-state index contributed by atoms with van der Waals surface area (Å²) in [5.41, 5.74) is 5.14. The second-order valence-electron chi connectivity index (χ2n) is 6.98. The van der Waals surface area contributed by atoms with Gasteiger partial charge in [-0.2, -0.15) is 0 Å². The largest absolute Gasteiger partial charge is 0.497 e. The van der Waals surface area contributed by atoms with E-state index in [4.69, 9.17) is 9.47 Å². The Morgan fingerprint density at radius 1 is 1.07 bits per heavy atom. The molecule has 6 nitrogen and oxygen atoms in total. The zero-order valence-electron chi connectivity index (χ0n) is 17.1. The van der Waals surface area contributed by atoms with Crippen molar-refractivity contribution in [1.82, 2.24) is 14.5 Å². The fourth-order valence-electron chi connectivity index (χ4n) is 3.33. The first-order chi connectivity index (χ1) is 14.1. The summed E-state index contributed by atoms with van der Waals surface area (Å²) in [5.74, 6) is 2.55. The summed E-state index contributed by atoms with van der Waals surface area (Å²) in [4.78, 5) is 11.0. The molecule has 2 aromatic carbocycles. The number of benzene rings is 2. The number of aromatic nitrogens is 3. The first-order valence-corrected chi connectivity index (χ1v) is 9.43. The van der Waals surface area contributed by atoms with Crippen LogP contribution in [0.5, 0.6) is 11.5 Å². The lowest BCUT2D eigenvalue weighted by Gasteiger charge is -2.22. The molecule has 4 rings (SSSR count). The Bertz CT molecular complexity index is 1140. The van der Waals surface area contributed by atoms with E-state index in [1.54, 1.807) is 19.6 Å². The third-order valence-electron chi connectivity index (χ3n) is 5.11. The Labute approximate surface area is 170 Å². The molecule has 0 atom stereocenters. The molecule has 0 amide bonds. The molecule has 0 spiro atoms. The molecule has 29 heavy (non-hydrogen) atoms. The van der Waals surface area contributed by atoms with Crippen molar-refractivity contribution in [2.24, 2.45) is 7.05 Å². The third-order valence-corrected chi connectivity index (χ3v) is 5.11. The van der Waals surface area contributed by atoms with E-state index in [1.165, 1.54) is 0 Å². The molecule has 2 aromatic heterocycles. The van der Waals surface area contributed by atoms with Gasteiger partial charge in [0.05, 0.1) is 25.2 Å². The van der Waals surface area contributed by atoms with E-state index in [1.807, 2.05) is 61.1 Å². The van der Waals surface area contributed by atoms with Crippen molar-refractivity contribution in [3.63, 3.8) is 0 Å². The maximum absolute atomic E-state index is 6.10. The van der Waals surface area contributed by atoms with Crippen LogP contribution in [-0.2, 0) is 13.7 Å². The summed E-state index contributed by atoms with van der Waals surface area (Å²) in [7, 11) is 5.66. The van der Waals surface area contributed by atoms with E-state index < -0.39 is 0 Å². The highest BCUT2D eigenvalue weighted by atomic mass is 16.5. The number of rotatable bonds is 6. The molecular weight excluding hydrogens is 364 g/mol. The second kappa shape index (κ2) is 7.83. The molecule has 0 saturated heterocycles. The zero-order valence-corrected chi connectivity index (χ0v) is 17.1. The summed E-state index contributed by atoms with van der Waals surface area (Å²) >= 11 is 0. The molecule has 0 aliphatic heterocycles. The van der Waals surface area contributed by atoms with Crippen LogP contribution < -0.4 is 14.4 Å². The molecule has 0 N–H and O–H groups in total. The summed E-state index contributed by atoms with van der Waals surface area (Å²) in [6, 6.07) is 16.0. The zero-order chi connectivity index (χ0) is 20.4. The minimum atomic E-state index is 0.497. The van der Waals surface area contributed by atoms with Crippen molar-refractivity contribution in [3.05, 3.63) is 72.2 Å². The average Bonchev–Trinajstić information content (AvgIpc) is 3.13. The molecule has 0 radical (unpaired) electrons. The van der Waals surface area contributed by atoms with Crippen molar-refractivity contribution in [1.29, 1.82) is 0 Å². The molecule has 0 bridgehead atoms. The van der Waals surface area contributed by atoms with Gasteiger partial charge in [-0.1, -0.05) is 18.2 Å². The smallest absolute Gasteiger partial charge is 0.134 e. The molecule has 2 heterocycles. The van der Waals surface area contributed by atoms with Gasteiger partial charge < -0.3 is 18.9 Å². The van der Waals surface area contributed by atoms with Gasteiger partial charge >= 0.3 is 0 Å². The van der Waals surface area contributed by atoms with Crippen LogP contribution >= 0.6 is 0 Å². The minimum absolute atomic E-state index is 0.497. The predicted molar refractivity (Wildman–Crippen MR) is 115 cm³/mol. The number of nitrogens with zero attached hydrogens (tertiary/aromatic N) is 4. The van der Waals surface area contributed by atoms with Crippen LogP contribution in [0.1, 0.15) is 11.1 Å². The number of ether oxygens (including phenoxy) is 2. The van der Waals surface area contributed by atoms with Gasteiger partial charge in [0.25, 0.3) is 0 Å². The second-order valence-corrected chi connectivity index (χ2v) is 6.98. The van der Waals surface area contributed by atoms with Gasteiger partial charge in [0, 0.05) is 31.4 Å². The van der Waals surface area contributed by atoms with E-state index in [0.717, 1.165) is 45.2 Å². The fourth-order valence-corrected chi connectivity index (χ4v) is 3.33. The lowest BCUT2D eigenvalue weighted by atomic mass is 10.1. The van der Waals surface area contributed by atoms with E-state index in [-0.39, 0.29) is 0 Å². The molecule has 0 aliphatic rings. The summed E-state index contributed by atoms with van der Waals surface area (Å²) in [6.45, 7) is 2.56. The van der Waals surface area contributed by atoms with Crippen LogP contribution in [0.3, 0.4) is 0 Å². The van der Waals surface area contributed by atoms with Gasteiger partial charge in [0.1, 0.15) is 29.4 Å². The Kier molecular flexibility index (Phi) is 5.08. The standard InChI is InChI=1S/C23H24N4O2/c1-16-20(27(3)23-12-21-19(13-24-23)25-15-26(21)2)6-5-7-22(16)29-14-17-8-10-18(28-4)11-9-17/h5-13,15H,14H2,1-4H3. The van der Waals surface area contributed by atoms with Crippen LogP contribution in [0.2, 0.25) is 0 Å². The lowest BCUT2D eigenvalue weighted by molar-refractivity contribution is 0.304. The Morgan fingerprint density at radius 3 is 2.62 bits per heavy atom. The van der Waals surface area contributed by atoms with Crippen LogP contribution in [-0.4, -0.2) is 28.7 Å². The maximum atomic E-state index is 6.10. The predicted octanol–water partition coefficient (Wildman–Crippen LogP) is 4.63. The topological polar surface area (TPSA) is 52.4 Å². The minimum Gasteiger partial charge on any atom is -0.497 e. The third kappa shape index (κ3) is 3.74. The number of hydrogen-bond donors (Lipinski definition) is 0. The number of anilines is 2. The van der Waals surface area contributed by atoms with E-state index in [0.29, 0.717) is 6.61 Å². The average molecular weight is 388 g/mol. The van der Waals surface area contributed by atoms with Gasteiger partial charge in [0.15, 0.2) is 0 Å². The van der Waals surface area contributed by atoms with Crippen LogP contribution in [0.4, 0.5) is 11.5 Å². The Balaban J connectivity index is 1.56. The maximum Gasteiger partial charge on any atom is 0.134 e. The highest BCUT2D eigenvalue weighted by Gasteiger charge is 2.13. The van der Waals surface area contributed by atoms with E-state index >= 15 is 0 Å². The number of pyridine rings is 1. The molecule has 0 saturated carbocycles. The van der Waals surface area contributed by atoms with Gasteiger partial charge in [-0.15, -0.1) is 0 Å². The van der Waals surface area contributed by atoms with Crippen molar-refractivity contribution in [2.45, 2.75) is 13.5 Å². The summed E-state index contributed by atoms with van der Waals surface area (Å²) in [5, 5.41) is 0. The summed E-state index contributed by atoms with van der Waals surface area (Å²) < 4.78 is 13.3. The highest BCUT2D eigenvalue weighted by Crippen LogP contribution is 2.32. The van der Waals surface area contributed by atoms with E-state index in [9.17, 15) is 0 Å². The molecule has 0 aliphatic carbocycles. The first kappa shape index (κ1) is 18.8. The fraction of sp³-hybridized carbons (Fsp3) is 0.217. The first-order valence-electron chi connectivity index (χ1n) is 9.43. The van der Waals surface area contributed by atoms with E-state index in [2.05, 4.69) is 27.9 Å². The number of fused-ring (bicyclic) bond motifs is 1. The van der Waals surface area contributed by atoms with Gasteiger partial charge in [-0.3, -0.25) is 0 Å². The molecule has 6 heteroatoms. The van der Waals surface area contributed by atoms with Crippen LogP contribution in [0.25, 0.3) is 11.0 Å². The number of imidazole rings is 1. The van der Waals surface area contributed by atoms with Crippen molar-refractivity contribution < 1.29 is 9.47 Å². The monoisotopic (exact) mass is 388 g/mol. The van der Waals surface area contributed by atoms with Gasteiger partial charge in [-0.25, -0.2) is 9.97 Å². The molecule has 148 valence electrons. The Morgan fingerprint density at radius 2 is 1.86 bits per heavy atom. The Hall–Kier alpha value is -3.54. The molecule has 0 unspecified atom stereocenters. The van der Waals surface area contributed by atoms with Crippen LogP contribution in [0, 0.1) is 6.92 Å².